The zero-order valence-electron chi connectivity index (χ0n) is 15.4. The molecule has 3 rings (SSSR count). The smallest absolute Gasteiger partial charge is 0.419 e. The normalized spacial score (nSPS) is 11.8. The molecule has 1 unspecified atom stereocenters. The molecule has 0 amide bonds. The maximum atomic E-state index is 11.5. The number of rotatable bonds is 8. The van der Waals surface area contributed by atoms with Crippen LogP contribution in [0.3, 0.4) is 0 Å². The topological polar surface area (TPSA) is 182 Å². The molecule has 0 bridgehead atoms. The fourth-order valence-electron chi connectivity index (χ4n) is 2.72. The van der Waals surface area contributed by atoms with Gasteiger partial charge in [0.25, 0.3) is 0 Å². The van der Waals surface area contributed by atoms with E-state index in [9.17, 15) is 24.8 Å². The molecule has 3 aromatic rings. The number of aromatic hydroxyl groups is 1. The van der Waals surface area contributed by atoms with Crippen molar-refractivity contribution in [3.8, 4) is 17.4 Å². The Morgan fingerprint density at radius 3 is 2.47 bits per heavy atom. The van der Waals surface area contributed by atoms with Gasteiger partial charge in [-0.3, -0.25) is 19.9 Å². The van der Waals surface area contributed by atoms with E-state index in [0.717, 1.165) is 0 Å². The van der Waals surface area contributed by atoms with Crippen LogP contribution < -0.4 is 16.2 Å². The van der Waals surface area contributed by atoms with E-state index in [1.807, 2.05) is 0 Å². The van der Waals surface area contributed by atoms with Crippen molar-refractivity contribution in [2.75, 3.05) is 0 Å². The number of H-pyrrole nitrogens is 1. The highest BCUT2D eigenvalue weighted by Gasteiger charge is 2.19. The number of nitrogens with zero attached hydrogens (tertiary/aromatic N) is 1. The number of hydrogen-bond donors (Lipinski definition) is 4. The van der Waals surface area contributed by atoms with Gasteiger partial charge in [-0.2, -0.15) is 0 Å². The first kappa shape index (κ1) is 20.6. The Balaban J connectivity index is 1.78. The standard InChI is InChI=1S/C19H17N3O8/c20-13(18(24)25)7-10-1-4-12(5-2-10)29-15-6-3-11(8-14(15)22(27)28)9-16-17(23)21-19(26)30-16/h1-6,8,13,23H,7,9,20H2,(H,21,26)(H,24,25). The molecule has 0 aliphatic rings. The maximum Gasteiger partial charge on any atom is 0.419 e. The third-order valence-corrected chi connectivity index (χ3v) is 4.21. The van der Waals surface area contributed by atoms with Gasteiger partial charge in [0.05, 0.1) is 4.92 Å². The second-order valence-corrected chi connectivity index (χ2v) is 6.42. The van der Waals surface area contributed by atoms with E-state index in [1.165, 1.54) is 18.2 Å². The zero-order chi connectivity index (χ0) is 21.8. The number of aliphatic carboxylic acids is 1. The predicted molar refractivity (Wildman–Crippen MR) is 103 cm³/mol. The molecule has 0 fully saturated rings. The van der Waals surface area contributed by atoms with Crippen LogP contribution >= 0.6 is 0 Å². The monoisotopic (exact) mass is 415 g/mol. The summed E-state index contributed by atoms with van der Waals surface area (Å²) in [6, 6.07) is 9.49. The van der Waals surface area contributed by atoms with Crippen LogP contribution in [-0.2, 0) is 17.6 Å². The first-order valence-electron chi connectivity index (χ1n) is 8.66. The summed E-state index contributed by atoms with van der Waals surface area (Å²) in [6.45, 7) is 0. The highest BCUT2D eigenvalue weighted by molar-refractivity contribution is 5.73. The number of nitro groups is 1. The number of nitro benzene ring substituents is 1. The van der Waals surface area contributed by atoms with Crippen molar-refractivity contribution < 1.29 is 29.1 Å². The molecule has 2 aromatic carbocycles. The summed E-state index contributed by atoms with van der Waals surface area (Å²) in [5.41, 5.74) is 6.28. The van der Waals surface area contributed by atoms with Crippen molar-refractivity contribution in [3.05, 3.63) is 80.0 Å². The highest BCUT2D eigenvalue weighted by Crippen LogP contribution is 2.33. The second kappa shape index (κ2) is 8.49. The average Bonchev–Trinajstić information content (AvgIpc) is 3.01. The molecule has 0 radical (unpaired) electrons. The van der Waals surface area contributed by atoms with Crippen molar-refractivity contribution in [1.29, 1.82) is 0 Å². The minimum atomic E-state index is -1.11. The molecule has 0 aliphatic carbocycles. The molecule has 156 valence electrons. The summed E-state index contributed by atoms with van der Waals surface area (Å²) < 4.78 is 10.4. The number of oxazole rings is 1. The van der Waals surface area contributed by atoms with Gasteiger partial charge in [0.1, 0.15) is 11.8 Å². The van der Waals surface area contributed by atoms with Crippen LogP contribution in [0.1, 0.15) is 16.9 Å². The molecule has 11 nitrogen and oxygen atoms in total. The quantitative estimate of drug-likeness (QED) is 0.315. The summed E-state index contributed by atoms with van der Waals surface area (Å²) in [5, 5.41) is 29.9. The lowest BCUT2D eigenvalue weighted by Gasteiger charge is -2.10. The number of carboxylic acid groups (broad SMARTS) is 1. The van der Waals surface area contributed by atoms with Gasteiger partial charge in [-0.05, 0) is 35.7 Å². The van der Waals surface area contributed by atoms with Gasteiger partial charge in [-0.25, -0.2) is 4.79 Å². The number of hydrogen-bond acceptors (Lipinski definition) is 8. The zero-order valence-corrected chi connectivity index (χ0v) is 15.4. The van der Waals surface area contributed by atoms with E-state index >= 15 is 0 Å². The van der Waals surface area contributed by atoms with Gasteiger partial charge in [0.15, 0.2) is 5.76 Å². The van der Waals surface area contributed by atoms with Gasteiger partial charge < -0.3 is 25.1 Å². The van der Waals surface area contributed by atoms with Gasteiger partial charge >= 0.3 is 17.4 Å². The van der Waals surface area contributed by atoms with E-state index in [-0.39, 0.29) is 30.0 Å². The Morgan fingerprint density at radius 2 is 1.90 bits per heavy atom. The number of ether oxygens (including phenoxy) is 1. The van der Waals surface area contributed by atoms with Crippen molar-refractivity contribution >= 4 is 11.7 Å². The minimum absolute atomic E-state index is 0.0153. The van der Waals surface area contributed by atoms with E-state index in [1.54, 1.807) is 24.3 Å². The first-order chi connectivity index (χ1) is 14.2. The van der Waals surface area contributed by atoms with Crippen molar-refractivity contribution in [1.82, 2.24) is 4.98 Å². The van der Waals surface area contributed by atoms with Crippen molar-refractivity contribution in [2.24, 2.45) is 5.73 Å². The number of aromatic nitrogens is 1. The van der Waals surface area contributed by atoms with Gasteiger partial charge in [-0.15, -0.1) is 0 Å². The molecule has 1 aromatic heterocycles. The van der Waals surface area contributed by atoms with Crippen LogP contribution in [0.15, 0.2) is 51.7 Å². The second-order valence-electron chi connectivity index (χ2n) is 6.42. The van der Waals surface area contributed by atoms with Crippen molar-refractivity contribution in [3.63, 3.8) is 0 Å². The van der Waals surface area contributed by atoms with E-state index < -0.39 is 28.6 Å². The molecule has 1 atom stereocenters. The largest absolute Gasteiger partial charge is 0.492 e. The lowest BCUT2D eigenvalue weighted by molar-refractivity contribution is -0.385. The average molecular weight is 415 g/mol. The molecule has 5 N–H and O–H groups in total. The Bertz CT molecular complexity index is 1130. The maximum absolute atomic E-state index is 11.5. The number of benzene rings is 2. The van der Waals surface area contributed by atoms with E-state index in [4.69, 9.17) is 20.0 Å². The third kappa shape index (κ3) is 4.83. The van der Waals surface area contributed by atoms with Crippen LogP contribution in [-0.4, -0.2) is 32.1 Å². The van der Waals surface area contributed by atoms with E-state index in [2.05, 4.69) is 4.98 Å². The SMILES string of the molecule is NC(Cc1ccc(Oc2ccc(Cc3oc(=O)[nH]c3O)cc2[N+](=O)[O-])cc1)C(=O)O. The Kier molecular flexibility index (Phi) is 5.83. The summed E-state index contributed by atoms with van der Waals surface area (Å²) in [6.07, 6.45) is 0.0941. The molecule has 0 saturated heterocycles. The van der Waals surface area contributed by atoms with Crippen LogP contribution in [0, 0.1) is 10.1 Å². The minimum Gasteiger partial charge on any atom is -0.492 e. The molecule has 30 heavy (non-hydrogen) atoms. The molecule has 0 aliphatic heterocycles. The molecule has 1 heterocycles. The van der Waals surface area contributed by atoms with Crippen LogP contribution in [0.5, 0.6) is 17.4 Å². The van der Waals surface area contributed by atoms with Gasteiger partial charge in [-0.1, -0.05) is 18.2 Å². The molecule has 11 heteroatoms. The Hall–Kier alpha value is -4.12. The lowest BCUT2D eigenvalue weighted by atomic mass is 10.1. The van der Waals surface area contributed by atoms with Crippen LogP contribution in [0.25, 0.3) is 0 Å². The first-order valence-corrected chi connectivity index (χ1v) is 8.66. The van der Waals surface area contributed by atoms with E-state index in [0.29, 0.717) is 16.9 Å². The number of nitrogens with two attached hydrogens (primary N) is 1. The fourth-order valence-corrected chi connectivity index (χ4v) is 2.72. The summed E-state index contributed by atoms with van der Waals surface area (Å²) in [4.78, 5) is 34.8. The molecular weight excluding hydrogens is 398 g/mol. The van der Waals surface area contributed by atoms with Crippen molar-refractivity contribution in [2.45, 2.75) is 18.9 Å². The van der Waals surface area contributed by atoms with Crippen LogP contribution in [0.2, 0.25) is 0 Å². The number of carbonyl (C=O) groups is 1. The molecule has 0 spiro atoms. The summed E-state index contributed by atoms with van der Waals surface area (Å²) >= 11 is 0. The summed E-state index contributed by atoms with van der Waals surface area (Å²) in [5.74, 6) is -2.13. The Labute approximate surface area is 168 Å². The third-order valence-electron chi connectivity index (χ3n) is 4.21. The van der Waals surface area contributed by atoms with Gasteiger partial charge in [0, 0.05) is 12.5 Å². The summed E-state index contributed by atoms with van der Waals surface area (Å²) in [7, 11) is 0. The molecular formula is C19H17N3O8. The molecule has 0 saturated carbocycles. The predicted octanol–water partition coefficient (Wildman–Crippen LogP) is 1.92. The Morgan fingerprint density at radius 1 is 1.23 bits per heavy atom. The number of nitrogens with one attached hydrogen (secondary N) is 1. The lowest BCUT2D eigenvalue weighted by Crippen LogP contribution is -2.32. The number of carboxylic acids is 1. The van der Waals surface area contributed by atoms with Gasteiger partial charge in [0.2, 0.25) is 11.6 Å². The highest BCUT2D eigenvalue weighted by atomic mass is 16.6. The number of aromatic amines is 1. The van der Waals surface area contributed by atoms with Crippen LogP contribution in [0.4, 0.5) is 5.69 Å². The fraction of sp³-hybridized carbons (Fsp3) is 0.158.